The molecule has 29 heavy (non-hydrogen) atoms. The van der Waals surface area contributed by atoms with Crippen LogP contribution in [0.15, 0.2) is 48.5 Å². The fraction of sp³-hybridized carbons (Fsp3) is 0.440. The summed E-state index contributed by atoms with van der Waals surface area (Å²) in [4.78, 5) is 24.2. The van der Waals surface area contributed by atoms with E-state index in [9.17, 15) is 14.7 Å². The summed E-state index contributed by atoms with van der Waals surface area (Å²) in [5.74, 6) is -1.51. The molecule has 1 fully saturated rings. The van der Waals surface area contributed by atoms with Gasteiger partial charge in [-0.3, -0.25) is 9.59 Å². The average Bonchev–Trinajstić information content (AvgIpc) is 3.06. The molecule has 4 nitrogen and oxygen atoms in total. The number of rotatable bonds is 7. The highest BCUT2D eigenvalue weighted by atomic mass is 16.5. The molecule has 0 saturated heterocycles. The van der Waals surface area contributed by atoms with Crippen molar-refractivity contribution in [1.29, 1.82) is 0 Å². The molecule has 2 aliphatic carbocycles. The Labute approximate surface area is 171 Å². The van der Waals surface area contributed by atoms with Gasteiger partial charge in [0.15, 0.2) is 0 Å². The van der Waals surface area contributed by atoms with Crippen LogP contribution in [0.1, 0.15) is 62.0 Å². The summed E-state index contributed by atoms with van der Waals surface area (Å²) in [5.41, 5.74) is 4.70. The van der Waals surface area contributed by atoms with E-state index in [4.69, 9.17) is 4.74 Å². The molecule has 0 spiro atoms. The van der Waals surface area contributed by atoms with Crippen LogP contribution in [-0.2, 0) is 14.3 Å². The fourth-order valence-electron chi connectivity index (χ4n) is 4.97. The molecule has 0 bridgehead atoms. The summed E-state index contributed by atoms with van der Waals surface area (Å²) in [6, 6.07) is 16.4. The van der Waals surface area contributed by atoms with Crippen molar-refractivity contribution < 1.29 is 19.4 Å². The van der Waals surface area contributed by atoms with E-state index in [1.54, 1.807) is 0 Å². The normalized spacial score (nSPS) is 17.4. The lowest BCUT2D eigenvalue weighted by atomic mass is 9.82. The molecule has 1 N–H and O–H groups in total. The van der Waals surface area contributed by atoms with Crippen molar-refractivity contribution in [3.8, 4) is 11.1 Å². The Balaban J connectivity index is 1.39. The molecule has 0 unspecified atom stereocenters. The minimum atomic E-state index is -0.885. The van der Waals surface area contributed by atoms with Crippen LogP contribution in [0, 0.1) is 11.8 Å². The van der Waals surface area contributed by atoms with Gasteiger partial charge in [0.25, 0.3) is 0 Å². The molecule has 2 aromatic rings. The van der Waals surface area contributed by atoms with E-state index < -0.39 is 17.9 Å². The van der Waals surface area contributed by atoms with E-state index in [2.05, 4.69) is 24.3 Å². The molecule has 0 aromatic heterocycles. The van der Waals surface area contributed by atoms with Crippen LogP contribution >= 0.6 is 0 Å². The highest BCUT2D eigenvalue weighted by molar-refractivity contribution is 5.80. The number of aliphatic carboxylic acids is 1. The van der Waals surface area contributed by atoms with Gasteiger partial charge in [-0.05, 0) is 34.6 Å². The van der Waals surface area contributed by atoms with Crippen molar-refractivity contribution in [1.82, 2.24) is 0 Å². The number of benzene rings is 2. The average molecular weight is 392 g/mol. The predicted octanol–water partition coefficient (Wildman–Crippen LogP) is 5.40. The maximum atomic E-state index is 12.5. The van der Waals surface area contributed by atoms with Gasteiger partial charge in [-0.1, -0.05) is 80.6 Å². The number of fused-ring (bicyclic) bond motifs is 3. The van der Waals surface area contributed by atoms with Crippen molar-refractivity contribution >= 4 is 11.9 Å². The number of carboxylic acids is 1. The molecule has 4 rings (SSSR count). The van der Waals surface area contributed by atoms with Gasteiger partial charge in [0.1, 0.15) is 6.61 Å². The first-order valence-corrected chi connectivity index (χ1v) is 10.7. The Morgan fingerprint density at radius 1 is 0.931 bits per heavy atom. The van der Waals surface area contributed by atoms with Crippen LogP contribution in [0.2, 0.25) is 0 Å². The molecule has 1 saturated carbocycles. The van der Waals surface area contributed by atoms with E-state index in [-0.39, 0.29) is 18.9 Å². The Bertz CT molecular complexity index is 836. The van der Waals surface area contributed by atoms with Gasteiger partial charge in [0, 0.05) is 5.92 Å². The van der Waals surface area contributed by atoms with Crippen LogP contribution in [0.3, 0.4) is 0 Å². The molecule has 2 aliphatic rings. The second kappa shape index (κ2) is 8.81. The van der Waals surface area contributed by atoms with E-state index >= 15 is 0 Å². The highest BCUT2D eigenvalue weighted by Gasteiger charge is 2.30. The van der Waals surface area contributed by atoms with E-state index in [1.165, 1.54) is 41.5 Å². The van der Waals surface area contributed by atoms with Crippen molar-refractivity contribution in [3.05, 3.63) is 59.7 Å². The summed E-state index contributed by atoms with van der Waals surface area (Å²) >= 11 is 0. The fourth-order valence-corrected chi connectivity index (χ4v) is 4.97. The lowest BCUT2D eigenvalue weighted by molar-refractivity contribution is -0.152. The van der Waals surface area contributed by atoms with Gasteiger partial charge in [0.05, 0.1) is 12.3 Å². The lowest BCUT2D eigenvalue weighted by Crippen LogP contribution is -2.24. The molecular weight excluding hydrogens is 364 g/mol. The van der Waals surface area contributed by atoms with E-state index in [0.29, 0.717) is 12.3 Å². The maximum absolute atomic E-state index is 12.5. The third-order valence-corrected chi connectivity index (χ3v) is 6.48. The number of ether oxygens (including phenoxy) is 1. The monoisotopic (exact) mass is 392 g/mol. The maximum Gasteiger partial charge on any atom is 0.307 e. The second-order valence-electron chi connectivity index (χ2n) is 8.39. The minimum absolute atomic E-state index is 0.00738. The summed E-state index contributed by atoms with van der Waals surface area (Å²) in [5, 5.41) is 9.59. The Hall–Kier alpha value is -2.62. The van der Waals surface area contributed by atoms with Crippen LogP contribution in [-0.4, -0.2) is 23.7 Å². The number of esters is 1. The van der Waals surface area contributed by atoms with Crippen molar-refractivity contribution in [3.63, 3.8) is 0 Å². The molecule has 4 heteroatoms. The summed E-state index contributed by atoms with van der Waals surface area (Å²) in [6.45, 7) is 0.253. The second-order valence-corrected chi connectivity index (χ2v) is 8.39. The van der Waals surface area contributed by atoms with Crippen molar-refractivity contribution in [2.45, 2.75) is 50.9 Å². The smallest absolute Gasteiger partial charge is 0.307 e. The Kier molecular flexibility index (Phi) is 5.98. The third-order valence-electron chi connectivity index (χ3n) is 6.48. The molecule has 0 aliphatic heterocycles. The largest absolute Gasteiger partial charge is 0.481 e. The first-order valence-electron chi connectivity index (χ1n) is 10.7. The zero-order chi connectivity index (χ0) is 20.2. The Morgan fingerprint density at radius 3 is 2.10 bits per heavy atom. The van der Waals surface area contributed by atoms with Gasteiger partial charge >= 0.3 is 11.9 Å². The number of hydrogen-bond acceptors (Lipinski definition) is 3. The minimum Gasteiger partial charge on any atom is -0.481 e. The predicted molar refractivity (Wildman–Crippen MR) is 112 cm³/mol. The molecule has 2 aromatic carbocycles. The van der Waals surface area contributed by atoms with Crippen molar-refractivity contribution in [2.75, 3.05) is 6.61 Å². The lowest BCUT2D eigenvalue weighted by Gasteiger charge is -2.24. The quantitative estimate of drug-likeness (QED) is 0.641. The highest BCUT2D eigenvalue weighted by Crippen LogP contribution is 2.44. The standard InChI is InChI=1S/C25H28O4/c26-24(15-18(25(27)28)14-17-8-2-1-3-9-17)29-16-23-21-12-6-4-10-19(21)20-11-5-7-13-22(20)23/h4-7,10-13,17-18,23H,1-3,8-9,14-16H2,(H,27,28)/t18-/m1/s1. The molecular formula is C25H28O4. The molecule has 0 radical (unpaired) electrons. The SMILES string of the molecule is O=C(C[C@@H](CC1CCCCC1)C(=O)O)OCC1c2ccccc2-c2ccccc21. The zero-order valence-electron chi connectivity index (χ0n) is 16.7. The van der Waals surface area contributed by atoms with Gasteiger partial charge in [0.2, 0.25) is 0 Å². The number of hydrogen-bond donors (Lipinski definition) is 1. The van der Waals surface area contributed by atoms with Crippen LogP contribution in [0.4, 0.5) is 0 Å². The van der Waals surface area contributed by atoms with E-state index in [1.807, 2.05) is 24.3 Å². The number of carboxylic acid groups (broad SMARTS) is 1. The third kappa shape index (κ3) is 4.36. The van der Waals surface area contributed by atoms with Crippen LogP contribution < -0.4 is 0 Å². The van der Waals surface area contributed by atoms with Gasteiger partial charge < -0.3 is 9.84 Å². The summed E-state index contributed by atoms with van der Waals surface area (Å²) in [7, 11) is 0. The molecule has 0 amide bonds. The molecule has 1 atom stereocenters. The zero-order valence-corrected chi connectivity index (χ0v) is 16.7. The van der Waals surface area contributed by atoms with Gasteiger partial charge in [-0.15, -0.1) is 0 Å². The van der Waals surface area contributed by atoms with E-state index in [0.717, 1.165) is 12.8 Å². The van der Waals surface area contributed by atoms with Crippen LogP contribution in [0.25, 0.3) is 11.1 Å². The first kappa shape index (κ1) is 19.7. The molecule has 0 heterocycles. The molecule has 152 valence electrons. The van der Waals surface area contributed by atoms with Gasteiger partial charge in [-0.25, -0.2) is 0 Å². The Morgan fingerprint density at radius 2 is 1.52 bits per heavy atom. The van der Waals surface area contributed by atoms with Crippen LogP contribution in [0.5, 0.6) is 0 Å². The van der Waals surface area contributed by atoms with Crippen molar-refractivity contribution in [2.24, 2.45) is 11.8 Å². The summed E-state index contributed by atoms with van der Waals surface area (Å²) < 4.78 is 5.61. The topological polar surface area (TPSA) is 63.6 Å². The first-order chi connectivity index (χ1) is 14.1. The number of carbonyl (C=O) groups is 2. The van der Waals surface area contributed by atoms with Gasteiger partial charge in [-0.2, -0.15) is 0 Å². The number of carbonyl (C=O) groups excluding carboxylic acids is 1. The summed E-state index contributed by atoms with van der Waals surface area (Å²) in [6.07, 6.45) is 6.27.